The molecule has 1 unspecified atom stereocenters. The van der Waals surface area contributed by atoms with E-state index in [4.69, 9.17) is 9.47 Å². The number of anilines is 1. The first-order valence-corrected chi connectivity index (χ1v) is 7.22. The SMILES string of the molecule is CCOC(=O)C1(F)CN(c2ncccc2[N+](=O)[O-])CC12COC2. The minimum Gasteiger partial charge on any atom is -0.464 e. The van der Waals surface area contributed by atoms with Gasteiger partial charge in [-0.25, -0.2) is 14.2 Å². The van der Waals surface area contributed by atoms with Gasteiger partial charge in [-0.2, -0.15) is 0 Å². The van der Waals surface area contributed by atoms with Crippen LogP contribution in [0.4, 0.5) is 15.9 Å². The predicted molar refractivity (Wildman–Crippen MR) is 76.8 cm³/mol. The molecule has 0 bridgehead atoms. The van der Waals surface area contributed by atoms with Crippen molar-refractivity contribution in [2.24, 2.45) is 5.41 Å². The zero-order valence-corrected chi connectivity index (χ0v) is 12.5. The van der Waals surface area contributed by atoms with Gasteiger partial charge in [0.1, 0.15) is 0 Å². The molecule has 3 rings (SSSR count). The molecular formula is C14H16FN3O5. The van der Waals surface area contributed by atoms with Gasteiger partial charge in [-0.05, 0) is 13.0 Å². The van der Waals surface area contributed by atoms with Crippen molar-refractivity contribution in [1.29, 1.82) is 0 Å². The van der Waals surface area contributed by atoms with Gasteiger partial charge >= 0.3 is 11.7 Å². The van der Waals surface area contributed by atoms with Crippen LogP contribution in [0.1, 0.15) is 6.92 Å². The Bertz CT molecular complexity index is 651. The number of pyridine rings is 1. The third-order valence-electron chi connectivity index (χ3n) is 4.36. The van der Waals surface area contributed by atoms with E-state index in [9.17, 15) is 14.9 Å². The van der Waals surface area contributed by atoms with Crippen molar-refractivity contribution < 1.29 is 23.6 Å². The molecule has 2 aliphatic rings. The standard InChI is InChI=1S/C14H16FN3O5/c1-2-23-12(19)14(15)7-17(6-13(14)8-22-9-13)11-10(18(20)21)4-3-5-16-11/h3-5H,2,6-9H2,1H3. The highest BCUT2D eigenvalue weighted by molar-refractivity contribution is 5.83. The number of nitrogens with zero attached hydrogens (tertiary/aromatic N) is 3. The largest absolute Gasteiger partial charge is 0.464 e. The lowest BCUT2D eigenvalue weighted by Crippen LogP contribution is -2.61. The lowest BCUT2D eigenvalue weighted by molar-refractivity contribution is -0.384. The van der Waals surface area contributed by atoms with E-state index in [1.54, 1.807) is 6.92 Å². The molecule has 0 N–H and O–H groups in total. The van der Waals surface area contributed by atoms with Gasteiger partial charge in [0.25, 0.3) is 0 Å². The smallest absolute Gasteiger partial charge is 0.346 e. The fraction of sp³-hybridized carbons (Fsp3) is 0.571. The van der Waals surface area contributed by atoms with Crippen LogP contribution in [0.2, 0.25) is 0 Å². The van der Waals surface area contributed by atoms with Crippen molar-refractivity contribution in [1.82, 2.24) is 4.98 Å². The van der Waals surface area contributed by atoms with Crippen LogP contribution in [-0.4, -0.2) is 54.5 Å². The van der Waals surface area contributed by atoms with Crippen molar-refractivity contribution in [2.45, 2.75) is 12.6 Å². The maximum atomic E-state index is 15.5. The molecular weight excluding hydrogens is 309 g/mol. The quantitative estimate of drug-likeness (QED) is 0.465. The van der Waals surface area contributed by atoms with E-state index < -0.39 is 22.0 Å². The summed E-state index contributed by atoms with van der Waals surface area (Å²) >= 11 is 0. The number of ether oxygens (including phenoxy) is 2. The molecule has 0 saturated carbocycles. The molecule has 8 nitrogen and oxygen atoms in total. The van der Waals surface area contributed by atoms with Crippen molar-refractivity contribution in [3.05, 3.63) is 28.4 Å². The molecule has 1 spiro atoms. The molecule has 1 aromatic heterocycles. The van der Waals surface area contributed by atoms with Crippen molar-refractivity contribution in [2.75, 3.05) is 37.8 Å². The van der Waals surface area contributed by atoms with Crippen LogP contribution < -0.4 is 4.90 Å². The van der Waals surface area contributed by atoms with E-state index in [0.717, 1.165) is 0 Å². The monoisotopic (exact) mass is 325 g/mol. The predicted octanol–water partition coefficient (Wildman–Crippen LogP) is 1.10. The first-order chi connectivity index (χ1) is 10.9. The van der Waals surface area contributed by atoms with E-state index in [1.807, 2.05) is 0 Å². The van der Waals surface area contributed by atoms with E-state index >= 15 is 4.39 Å². The molecule has 3 heterocycles. The summed E-state index contributed by atoms with van der Waals surface area (Å²) in [7, 11) is 0. The molecule has 2 aliphatic heterocycles. The number of hydrogen-bond acceptors (Lipinski definition) is 7. The lowest BCUT2D eigenvalue weighted by Gasteiger charge is -2.43. The first-order valence-electron chi connectivity index (χ1n) is 7.22. The van der Waals surface area contributed by atoms with Crippen LogP contribution in [0.5, 0.6) is 0 Å². The number of nitro groups is 1. The number of hydrogen-bond donors (Lipinski definition) is 0. The number of rotatable bonds is 4. The Labute approximate surface area is 131 Å². The summed E-state index contributed by atoms with van der Waals surface area (Å²) < 4.78 is 25.5. The second-order valence-corrected chi connectivity index (χ2v) is 5.75. The minimum absolute atomic E-state index is 0.0487. The number of aromatic nitrogens is 1. The average molecular weight is 325 g/mol. The molecule has 124 valence electrons. The van der Waals surface area contributed by atoms with Crippen LogP contribution in [0.15, 0.2) is 18.3 Å². The van der Waals surface area contributed by atoms with Crippen molar-refractivity contribution in [3.63, 3.8) is 0 Å². The lowest BCUT2D eigenvalue weighted by atomic mass is 9.74. The number of carbonyl (C=O) groups excluding carboxylic acids is 1. The molecule has 23 heavy (non-hydrogen) atoms. The third kappa shape index (κ3) is 2.23. The van der Waals surface area contributed by atoms with Crippen molar-refractivity contribution in [3.8, 4) is 0 Å². The second kappa shape index (κ2) is 5.41. The highest BCUT2D eigenvalue weighted by Gasteiger charge is 2.68. The third-order valence-corrected chi connectivity index (χ3v) is 4.36. The molecule has 2 fully saturated rings. The highest BCUT2D eigenvalue weighted by Crippen LogP contribution is 2.50. The number of esters is 1. The zero-order chi connectivity index (χ0) is 16.7. The van der Waals surface area contributed by atoms with Gasteiger partial charge in [0.15, 0.2) is 0 Å². The Kier molecular flexibility index (Phi) is 3.67. The van der Waals surface area contributed by atoms with E-state index in [0.29, 0.717) is 0 Å². The summed E-state index contributed by atoms with van der Waals surface area (Å²) in [4.78, 5) is 28.1. The van der Waals surface area contributed by atoms with Crippen LogP contribution in [-0.2, 0) is 14.3 Å². The number of halogens is 1. The van der Waals surface area contributed by atoms with E-state index in [2.05, 4.69) is 4.98 Å². The van der Waals surface area contributed by atoms with Crippen molar-refractivity contribution >= 4 is 17.5 Å². The summed E-state index contributed by atoms with van der Waals surface area (Å²) in [6, 6.07) is 2.74. The highest BCUT2D eigenvalue weighted by atomic mass is 19.1. The summed E-state index contributed by atoms with van der Waals surface area (Å²) in [5.74, 6) is -0.906. The second-order valence-electron chi connectivity index (χ2n) is 5.75. The van der Waals surface area contributed by atoms with Gasteiger partial charge in [-0.1, -0.05) is 0 Å². The molecule has 1 atom stereocenters. The Morgan fingerprint density at radius 1 is 1.57 bits per heavy atom. The first kappa shape index (κ1) is 15.6. The molecule has 9 heteroatoms. The molecule has 0 amide bonds. The van der Waals surface area contributed by atoms with Crippen LogP contribution in [0, 0.1) is 15.5 Å². The summed E-state index contributed by atoms with van der Waals surface area (Å²) in [5.41, 5.74) is -3.55. The Balaban J connectivity index is 1.96. The molecule has 0 aliphatic carbocycles. The van der Waals surface area contributed by atoms with Crippen LogP contribution in [0.3, 0.4) is 0 Å². The fourth-order valence-corrected chi connectivity index (χ4v) is 3.10. The molecule has 2 saturated heterocycles. The minimum atomic E-state index is -2.27. The topological polar surface area (TPSA) is 94.8 Å². The summed E-state index contributed by atoms with van der Waals surface area (Å²) in [6.07, 6.45) is 1.40. The molecule has 0 aromatic carbocycles. The van der Waals surface area contributed by atoms with E-state index in [-0.39, 0.29) is 44.4 Å². The van der Waals surface area contributed by atoms with Gasteiger partial charge in [-0.3, -0.25) is 10.1 Å². The maximum Gasteiger partial charge on any atom is 0.346 e. The van der Waals surface area contributed by atoms with Gasteiger partial charge in [-0.15, -0.1) is 0 Å². The number of carbonyl (C=O) groups is 1. The van der Waals surface area contributed by atoms with Gasteiger partial charge in [0.2, 0.25) is 11.5 Å². The Hall–Kier alpha value is -2.29. The van der Waals surface area contributed by atoms with Crippen LogP contribution in [0.25, 0.3) is 0 Å². The maximum absolute atomic E-state index is 15.5. The number of alkyl halides is 1. The average Bonchev–Trinajstić information content (AvgIpc) is 2.82. The summed E-state index contributed by atoms with van der Waals surface area (Å²) in [5, 5.41) is 11.1. The van der Waals surface area contributed by atoms with Gasteiger partial charge in [0, 0.05) is 18.8 Å². The van der Waals surface area contributed by atoms with Gasteiger partial charge in [0.05, 0.1) is 36.7 Å². The fourth-order valence-electron chi connectivity index (χ4n) is 3.10. The Morgan fingerprint density at radius 2 is 2.30 bits per heavy atom. The van der Waals surface area contributed by atoms with Crippen LogP contribution >= 0.6 is 0 Å². The molecule has 0 radical (unpaired) electrons. The van der Waals surface area contributed by atoms with Gasteiger partial charge < -0.3 is 14.4 Å². The summed E-state index contributed by atoms with van der Waals surface area (Å²) in [6.45, 7) is 1.57. The Morgan fingerprint density at radius 3 is 2.87 bits per heavy atom. The molecule has 1 aromatic rings. The normalized spacial score (nSPS) is 25.2. The van der Waals surface area contributed by atoms with E-state index in [1.165, 1.54) is 23.2 Å². The zero-order valence-electron chi connectivity index (χ0n) is 12.5.